The van der Waals surface area contributed by atoms with Gasteiger partial charge in [0.2, 0.25) is 0 Å². The molecule has 2 aromatic rings. The monoisotopic (exact) mass is 218 g/mol. The van der Waals surface area contributed by atoms with Gasteiger partial charge in [-0.1, -0.05) is 12.1 Å². The summed E-state index contributed by atoms with van der Waals surface area (Å²) in [7, 11) is 0. The molecule has 16 heavy (non-hydrogen) atoms. The SMILES string of the molecule is O=C(O)/C=C/c1ccc(CO)c2nc[nH]c12. The fourth-order valence-corrected chi connectivity index (χ4v) is 1.54. The topological polar surface area (TPSA) is 86.2 Å². The van der Waals surface area contributed by atoms with E-state index in [0.717, 1.165) is 17.2 Å². The van der Waals surface area contributed by atoms with Crippen molar-refractivity contribution in [3.8, 4) is 0 Å². The van der Waals surface area contributed by atoms with Crippen LogP contribution in [-0.4, -0.2) is 26.2 Å². The largest absolute Gasteiger partial charge is 0.478 e. The van der Waals surface area contributed by atoms with Crippen LogP contribution >= 0.6 is 0 Å². The Morgan fingerprint density at radius 2 is 2.31 bits per heavy atom. The lowest BCUT2D eigenvalue weighted by Crippen LogP contribution is -1.89. The summed E-state index contributed by atoms with van der Waals surface area (Å²) in [6.45, 7) is -0.0930. The molecule has 0 bridgehead atoms. The van der Waals surface area contributed by atoms with E-state index in [1.165, 1.54) is 12.4 Å². The van der Waals surface area contributed by atoms with E-state index in [1.54, 1.807) is 12.1 Å². The summed E-state index contributed by atoms with van der Waals surface area (Å²) in [4.78, 5) is 17.4. The van der Waals surface area contributed by atoms with Crippen molar-refractivity contribution in [1.29, 1.82) is 0 Å². The summed E-state index contributed by atoms with van der Waals surface area (Å²) in [6.07, 6.45) is 4.07. The molecule has 0 fully saturated rings. The molecule has 1 heterocycles. The number of H-pyrrole nitrogens is 1. The number of aromatic nitrogens is 2. The highest BCUT2D eigenvalue weighted by Crippen LogP contribution is 2.20. The van der Waals surface area contributed by atoms with E-state index in [-0.39, 0.29) is 6.61 Å². The minimum Gasteiger partial charge on any atom is -0.478 e. The Bertz CT molecular complexity index is 557. The third-order valence-corrected chi connectivity index (χ3v) is 2.27. The number of aliphatic carboxylic acids is 1. The number of rotatable bonds is 3. The number of carboxylic acids is 1. The van der Waals surface area contributed by atoms with Crippen LogP contribution in [0.4, 0.5) is 0 Å². The summed E-state index contributed by atoms with van der Waals surface area (Å²) in [5.74, 6) is -1.00. The first-order valence-electron chi connectivity index (χ1n) is 4.69. The summed E-state index contributed by atoms with van der Waals surface area (Å²) in [5.41, 5.74) is 2.83. The zero-order valence-corrected chi connectivity index (χ0v) is 8.34. The number of carboxylic acid groups (broad SMARTS) is 1. The van der Waals surface area contributed by atoms with Gasteiger partial charge in [0.1, 0.15) is 0 Å². The predicted octanol–water partition coefficient (Wildman–Crippen LogP) is 1.15. The smallest absolute Gasteiger partial charge is 0.328 e. The number of fused-ring (bicyclic) bond motifs is 1. The van der Waals surface area contributed by atoms with E-state index in [9.17, 15) is 4.79 Å². The molecule has 0 atom stereocenters. The van der Waals surface area contributed by atoms with E-state index in [4.69, 9.17) is 10.2 Å². The van der Waals surface area contributed by atoms with Crippen LogP contribution in [0.15, 0.2) is 24.5 Å². The minimum absolute atomic E-state index is 0.0930. The van der Waals surface area contributed by atoms with E-state index >= 15 is 0 Å². The third-order valence-electron chi connectivity index (χ3n) is 2.27. The van der Waals surface area contributed by atoms with Gasteiger partial charge in [-0.2, -0.15) is 0 Å². The van der Waals surface area contributed by atoms with Crippen LogP contribution in [0.2, 0.25) is 0 Å². The molecule has 5 heteroatoms. The molecule has 0 spiro atoms. The van der Waals surface area contributed by atoms with Crippen molar-refractivity contribution in [3.05, 3.63) is 35.7 Å². The molecule has 5 nitrogen and oxygen atoms in total. The van der Waals surface area contributed by atoms with E-state index < -0.39 is 5.97 Å². The summed E-state index contributed by atoms with van der Waals surface area (Å²) < 4.78 is 0. The quantitative estimate of drug-likeness (QED) is 0.674. The van der Waals surface area contributed by atoms with Gasteiger partial charge in [0.15, 0.2) is 0 Å². The van der Waals surface area contributed by atoms with Crippen LogP contribution in [0.5, 0.6) is 0 Å². The Kier molecular flexibility index (Phi) is 2.70. The molecule has 1 aromatic carbocycles. The van der Waals surface area contributed by atoms with Crippen molar-refractivity contribution >= 4 is 23.1 Å². The number of aromatic amines is 1. The molecule has 0 unspecified atom stereocenters. The standard InChI is InChI=1S/C11H10N2O3/c14-5-8-2-1-7(3-4-9(15)16)10-11(8)13-6-12-10/h1-4,6,14H,5H2,(H,12,13)(H,15,16)/b4-3+. The molecule has 0 radical (unpaired) electrons. The van der Waals surface area contributed by atoms with Gasteiger partial charge in [-0.15, -0.1) is 0 Å². The average molecular weight is 218 g/mol. The van der Waals surface area contributed by atoms with Gasteiger partial charge in [0.25, 0.3) is 0 Å². The fraction of sp³-hybridized carbons (Fsp3) is 0.0909. The fourth-order valence-electron chi connectivity index (χ4n) is 1.54. The zero-order valence-electron chi connectivity index (χ0n) is 8.34. The second-order valence-corrected chi connectivity index (χ2v) is 3.27. The Balaban J connectivity index is 2.55. The van der Waals surface area contributed by atoms with Gasteiger partial charge in [-0.05, 0) is 6.08 Å². The average Bonchev–Trinajstić information content (AvgIpc) is 2.74. The minimum atomic E-state index is -1.00. The van der Waals surface area contributed by atoms with E-state index in [0.29, 0.717) is 11.1 Å². The second kappa shape index (κ2) is 4.16. The number of nitrogens with zero attached hydrogens (tertiary/aromatic N) is 1. The Hall–Kier alpha value is -2.14. The Morgan fingerprint density at radius 3 is 3.00 bits per heavy atom. The van der Waals surface area contributed by atoms with Crippen molar-refractivity contribution in [2.75, 3.05) is 0 Å². The van der Waals surface area contributed by atoms with Crippen molar-refractivity contribution in [2.45, 2.75) is 6.61 Å². The molecule has 0 aliphatic rings. The molecule has 0 aliphatic carbocycles. The third kappa shape index (κ3) is 1.80. The van der Waals surface area contributed by atoms with Crippen molar-refractivity contribution in [3.63, 3.8) is 0 Å². The van der Waals surface area contributed by atoms with Crippen molar-refractivity contribution < 1.29 is 15.0 Å². The van der Waals surface area contributed by atoms with Gasteiger partial charge < -0.3 is 15.2 Å². The van der Waals surface area contributed by atoms with Gasteiger partial charge in [0, 0.05) is 17.2 Å². The van der Waals surface area contributed by atoms with Crippen LogP contribution in [0.3, 0.4) is 0 Å². The zero-order chi connectivity index (χ0) is 11.5. The lowest BCUT2D eigenvalue weighted by Gasteiger charge is -2.00. The summed E-state index contributed by atoms with van der Waals surface area (Å²) in [5, 5.41) is 17.6. The second-order valence-electron chi connectivity index (χ2n) is 3.27. The number of imidazole rings is 1. The van der Waals surface area contributed by atoms with Gasteiger partial charge in [0.05, 0.1) is 24.0 Å². The molecule has 0 saturated heterocycles. The highest BCUT2D eigenvalue weighted by molar-refractivity contribution is 5.92. The van der Waals surface area contributed by atoms with Crippen LogP contribution < -0.4 is 0 Å². The Morgan fingerprint density at radius 1 is 1.50 bits per heavy atom. The first kappa shape index (κ1) is 10.4. The molecule has 0 saturated carbocycles. The number of nitrogens with one attached hydrogen (secondary N) is 1. The predicted molar refractivity (Wildman–Crippen MR) is 58.7 cm³/mol. The lowest BCUT2D eigenvalue weighted by molar-refractivity contribution is -0.131. The highest BCUT2D eigenvalue weighted by atomic mass is 16.4. The van der Waals surface area contributed by atoms with Gasteiger partial charge in [-0.3, -0.25) is 0 Å². The number of hydrogen-bond donors (Lipinski definition) is 3. The van der Waals surface area contributed by atoms with Crippen LogP contribution in [-0.2, 0) is 11.4 Å². The first-order chi connectivity index (χ1) is 7.72. The number of aliphatic hydroxyl groups is 1. The lowest BCUT2D eigenvalue weighted by atomic mass is 10.1. The highest BCUT2D eigenvalue weighted by Gasteiger charge is 2.05. The Labute approximate surface area is 91.1 Å². The molecule has 2 rings (SSSR count). The summed E-state index contributed by atoms with van der Waals surface area (Å²) >= 11 is 0. The van der Waals surface area contributed by atoms with E-state index in [1.807, 2.05) is 0 Å². The maximum Gasteiger partial charge on any atom is 0.328 e. The first-order valence-corrected chi connectivity index (χ1v) is 4.69. The van der Waals surface area contributed by atoms with Crippen LogP contribution in [0, 0.1) is 0 Å². The molecule has 3 N–H and O–H groups in total. The van der Waals surface area contributed by atoms with Gasteiger partial charge >= 0.3 is 5.97 Å². The maximum absolute atomic E-state index is 10.4. The summed E-state index contributed by atoms with van der Waals surface area (Å²) in [6, 6.07) is 3.47. The number of benzene rings is 1. The van der Waals surface area contributed by atoms with Crippen molar-refractivity contribution in [2.24, 2.45) is 0 Å². The van der Waals surface area contributed by atoms with Gasteiger partial charge in [-0.25, -0.2) is 9.78 Å². The molecule has 1 aromatic heterocycles. The number of aliphatic hydroxyl groups excluding tert-OH is 1. The molecular formula is C11H10N2O3. The molecule has 82 valence electrons. The maximum atomic E-state index is 10.4. The van der Waals surface area contributed by atoms with Crippen LogP contribution in [0.25, 0.3) is 17.1 Å². The molecular weight excluding hydrogens is 208 g/mol. The number of carbonyl (C=O) groups is 1. The molecule has 0 aliphatic heterocycles. The normalized spacial score (nSPS) is 11.3. The number of hydrogen-bond acceptors (Lipinski definition) is 3. The van der Waals surface area contributed by atoms with Crippen molar-refractivity contribution in [1.82, 2.24) is 9.97 Å². The molecule has 0 amide bonds. The van der Waals surface area contributed by atoms with Crippen LogP contribution in [0.1, 0.15) is 11.1 Å². The van der Waals surface area contributed by atoms with E-state index in [2.05, 4.69) is 9.97 Å².